The first-order chi connectivity index (χ1) is 12.3. The topological polar surface area (TPSA) is 113 Å². The van der Waals surface area contributed by atoms with Gasteiger partial charge in [0.1, 0.15) is 11.2 Å². The zero-order valence-corrected chi connectivity index (χ0v) is 15.6. The van der Waals surface area contributed by atoms with Crippen LogP contribution < -0.4 is 5.56 Å². The lowest BCUT2D eigenvalue weighted by atomic mass is 10.1. The van der Waals surface area contributed by atoms with Crippen LogP contribution >= 0.6 is 0 Å². The predicted molar refractivity (Wildman–Crippen MR) is 94.1 cm³/mol. The van der Waals surface area contributed by atoms with Crippen LogP contribution in [0.2, 0.25) is 0 Å². The van der Waals surface area contributed by atoms with Crippen molar-refractivity contribution in [3.8, 4) is 0 Å². The average molecular weight is 382 g/mol. The van der Waals surface area contributed by atoms with Crippen molar-refractivity contribution in [2.45, 2.75) is 12.6 Å². The number of ether oxygens (including phenoxy) is 1. The van der Waals surface area contributed by atoms with Gasteiger partial charge in [-0.2, -0.15) is 9.40 Å². The standard InChI is InChI=1S/C15H22N6O4S/c1-19-14-12(3-16-19)15(22)18-13(17-14)7-20-4-10-5-21(26(2,23)24)11(6-20)9-25-8-10/h3,10-11H,4-9H2,1-2H3,(H,17,18,22)/t10-,11-/m0/s1. The molecule has 0 unspecified atom stereocenters. The molecule has 4 heterocycles. The number of aromatic nitrogens is 4. The van der Waals surface area contributed by atoms with E-state index >= 15 is 0 Å². The van der Waals surface area contributed by atoms with Gasteiger partial charge < -0.3 is 9.72 Å². The van der Waals surface area contributed by atoms with E-state index in [0.29, 0.717) is 56.3 Å². The fourth-order valence-electron chi connectivity index (χ4n) is 3.80. The first-order valence-corrected chi connectivity index (χ1v) is 10.3. The number of H-pyrrole nitrogens is 1. The van der Waals surface area contributed by atoms with Gasteiger partial charge in [0.2, 0.25) is 10.0 Å². The Kier molecular flexibility index (Phi) is 4.34. The molecular formula is C15H22N6O4S. The van der Waals surface area contributed by atoms with E-state index in [1.807, 2.05) is 0 Å². The van der Waals surface area contributed by atoms with E-state index in [1.165, 1.54) is 12.5 Å². The molecule has 2 bridgehead atoms. The minimum atomic E-state index is -3.29. The lowest BCUT2D eigenvalue weighted by molar-refractivity contribution is 0.0555. The molecule has 0 amide bonds. The number of fused-ring (bicyclic) bond motifs is 4. The monoisotopic (exact) mass is 382 g/mol. The molecule has 1 N–H and O–H groups in total. The maximum atomic E-state index is 12.2. The van der Waals surface area contributed by atoms with E-state index in [9.17, 15) is 13.2 Å². The van der Waals surface area contributed by atoms with Crippen LogP contribution in [-0.2, 0) is 28.4 Å². The number of nitrogens with zero attached hydrogens (tertiary/aromatic N) is 5. The molecule has 0 spiro atoms. The Morgan fingerprint density at radius 2 is 2.12 bits per heavy atom. The third kappa shape index (κ3) is 3.27. The summed E-state index contributed by atoms with van der Waals surface area (Å²) in [6, 6.07) is -0.232. The molecule has 0 radical (unpaired) electrons. The summed E-state index contributed by atoms with van der Waals surface area (Å²) >= 11 is 0. The summed E-state index contributed by atoms with van der Waals surface area (Å²) in [5.74, 6) is 0.641. The summed E-state index contributed by atoms with van der Waals surface area (Å²) in [7, 11) is -1.55. The van der Waals surface area contributed by atoms with Gasteiger partial charge in [0.25, 0.3) is 5.56 Å². The summed E-state index contributed by atoms with van der Waals surface area (Å²) < 4.78 is 33.0. The van der Waals surface area contributed by atoms with Crippen molar-refractivity contribution in [1.29, 1.82) is 0 Å². The molecule has 2 aliphatic heterocycles. The van der Waals surface area contributed by atoms with Gasteiger partial charge in [-0.1, -0.05) is 0 Å². The highest BCUT2D eigenvalue weighted by atomic mass is 32.2. The summed E-state index contributed by atoms with van der Waals surface area (Å²) in [4.78, 5) is 21.7. The molecule has 0 aliphatic carbocycles. The highest BCUT2D eigenvalue weighted by Gasteiger charge is 2.37. The maximum Gasteiger partial charge on any atom is 0.262 e. The minimum absolute atomic E-state index is 0.0874. The summed E-state index contributed by atoms with van der Waals surface area (Å²) in [5, 5.41) is 4.53. The molecule has 2 atom stereocenters. The zero-order chi connectivity index (χ0) is 18.5. The number of aromatic amines is 1. The van der Waals surface area contributed by atoms with Gasteiger partial charge in [-0.05, 0) is 0 Å². The summed E-state index contributed by atoms with van der Waals surface area (Å²) in [5.41, 5.74) is 0.328. The van der Waals surface area contributed by atoms with E-state index in [4.69, 9.17) is 4.74 Å². The van der Waals surface area contributed by atoms with Crippen LogP contribution in [0.3, 0.4) is 0 Å². The normalized spacial score (nSPS) is 25.5. The van der Waals surface area contributed by atoms with Crippen molar-refractivity contribution in [3.05, 3.63) is 22.4 Å². The second-order valence-electron chi connectivity index (χ2n) is 7.10. The number of sulfonamides is 1. The fraction of sp³-hybridized carbons (Fsp3) is 0.667. The van der Waals surface area contributed by atoms with Gasteiger partial charge in [-0.25, -0.2) is 13.4 Å². The van der Waals surface area contributed by atoms with Gasteiger partial charge in [-0.3, -0.25) is 14.4 Å². The molecule has 2 fully saturated rings. The van der Waals surface area contributed by atoms with Crippen LogP contribution in [0.4, 0.5) is 0 Å². The van der Waals surface area contributed by atoms with Crippen molar-refractivity contribution in [1.82, 2.24) is 29.0 Å². The Labute approximate surface area is 150 Å². The average Bonchev–Trinajstić information content (AvgIpc) is 2.70. The number of nitrogens with one attached hydrogen (secondary N) is 1. The van der Waals surface area contributed by atoms with E-state index in [1.54, 1.807) is 16.0 Å². The van der Waals surface area contributed by atoms with Crippen molar-refractivity contribution in [2.75, 3.05) is 39.1 Å². The highest BCUT2D eigenvalue weighted by Crippen LogP contribution is 2.22. The van der Waals surface area contributed by atoms with Crippen LogP contribution in [0.25, 0.3) is 11.0 Å². The van der Waals surface area contributed by atoms with E-state index in [2.05, 4.69) is 20.0 Å². The van der Waals surface area contributed by atoms with Crippen LogP contribution in [0, 0.1) is 5.92 Å². The Balaban J connectivity index is 1.61. The SMILES string of the molecule is Cn1ncc2c(=O)[nH]c(CN3C[C@@H]4COC[C@H](C3)N(S(C)(=O)=O)C4)nc21. The van der Waals surface area contributed by atoms with Crippen molar-refractivity contribution in [3.63, 3.8) is 0 Å². The first kappa shape index (κ1) is 17.6. The number of aryl methyl sites for hydroxylation is 1. The summed E-state index contributed by atoms with van der Waals surface area (Å²) in [6.45, 7) is 3.05. The highest BCUT2D eigenvalue weighted by molar-refractivity contribution is 7.88. The second kappa shape index (κ2) is 6.41. The van der Waals surface area contributed by atoms with Gasteiger partial charge in [0.15, 0.2) is 5.65 Å². The van der Waals surface area contributed by atoms with Crippen molar-refractivity contribution < 1.29 is 13.2 Å². The molecule has 2 aromatic heterocycles. The smallest absolute Gasteiger partial charge is 0.262 e. The van der Waals surface area contributed by atoms with E-state index < -0.39 is 10.0 Å². The Bertz CT molecular complexity index is 984. The maximum absolute atomic E-state index is 12.2. The number of rotatable bonds is 3. The molecule has 0 aromatic carbocycles. The molecule has 142 valence electrons. The molecule has 10 nitrogen and oxygen atoms in total. The van der Waals surface area contributed by atoms with Crippen LogP contribution in [0.5, 0.6) is 0 Å². The molecule has 0 saturated carbocycles. The van der Waals surface area contributed by atoms with E-state index in [0.717, 1.165) is 0 Å². The van der Waals surface area contributed by atoms with E-state index in [-0.39, 0.29) is 17.5 Å². The predicted octanol–water partition coefficient (Wildman–Crippen LogP) is -1.25. The van der Waals surface area contributed by atoms with Crippen LogP contribution in [0.1, 0.15) is 5.82 Å². The molecule has 2 aromatic rings. The van der Waals surface area contributed by atoms with Gasteiger partial charge >= 0.3 is 0 Å². The quantitative estimate of drug-likeness (QED) is 0.705. The third-order valence-electron chi connectivity index (χ3n) is 4.94. The van der Waals surface area contributed by atoms with Crippen molar-refractivity contribution >= 4 is 21.1 Å². The molecular weight excluding hydrogens is 360 g/mol. The van der Waals surface area contributed by atoms with Gasteiger partial charge in [-0.15, -0.1) is 0 Å². The molecule has 11 heteroatoms. The second-order valence-corrected chi connectivity index (χ2v) is 9.04. The van der Waals surface area contributed by atoms with Crippen LogP contribution in [-0.4, -0.2) is 82.5 Å². The molecule has 2 aliphatic rings. The molecule has 2 saturated heterocycles. The summed E-state index contributed by atoms with van der Waals surface area (Å²) in [6.07, 6.45) is 2.75. The first-order valence-electron chi connectivity index (χ1n) is 8.49. The Hall–Kier alpha value is -1.82. The number of hydrogen-bond acceptors (Lipinski definition) is 7. The number of hydrogen-bond donors (Lipinski definition) is 1. The molecule has 4 rings (SSSR count). The van der Waals surface area contributed by atoms with Gasteiger partial charge in [0, 0.05) is 32.6 Å². The fourth-order valence-corrected chi connectivity index (χ4v) is 4.95. The van der Waals surface area contributed by atoms with Gasteiger partial charge in [0.05, 0.1) is 38.3 Å². The zero-order valence-electron chi connectivity index (χ0n) is 14.8. The third-order valence-corrected chi connectivity index (χ3v) is 6.24. The minimum Gasteiger partial charge on any atom is -0.379 e. The van der Waals surface area contributed by atoms with Crippen molar-refractivity contribution in [2.24, 2.45) is 13.0 Å². The Morgan fingerprint density at radius 3 is 2.88 bits per heavy atom. The Morgan fingerprint density at radius 1 is 1.31 bits per heavy atom. The lowest BCUT2D eigenvalue weighted by Gasteiger charge is -2.29. The molecule has 26 heavy (non-hydrogen) atoms. The van der Waals surface area contributed by atoms with Crippen LogP contribution in [0.15, 0.2) is 11.0 Å². The largest absolute Gasteiger partial charge is 0.379 e. The lowest BCUT2D eigenvalue weighted by Crippen LogP contribution is -2.46.